The van der Waals surface area contributed by atoms with E-state index < -0.39 is 15.3 Å². The molecule has 0 aliphatic heterocycles. The van der Waals surface area contributed by atoms with E-state index >= 15 is 0 Å². The van der Waals surface area contributed by atoms with Crippen molar-refractivity contribution in [1.82, 2.24) is 10.5 Å². The third-order valence-electron chi connectivity index (χ3n) is 2.39. The Balaban J connectivity index is 1.66. The molecule has 0 heterocycles. The minimum atomic E-state index is -4.25. The lowest BCUT2D eigenvalue weighted by Crippen LogP contribution is -2.23. The maximum Gasteiger partial charge on any atom is 0.370 e. The van der Waals surface area contributed by atoms with Crippen LogP contribution >= 0.6 is 39.4 Å². The fraction of sp³-hybridized carbons (Fsp3) is 0. The Bertz CT molecular complexity index is 724. The highest BCUT2D eigenvalue weighted by Crippen LogP contribution is 2.50. The quantitative estimate of drug-likeness (QED) is 0.122. The van der Waals surface area contributed by atoms with Gasteiger partial charge in [0.15, 0.2) is 0 Å². The van der Waals surface area contributed by atoms with Gasteiger partial charge in [-0.2, -0.15) is 0 Å². The van der Waals surface area contributed by atoms with E-state index in [4.69, 9.17) is 11.0 Å². The van der Waals surface area contributed by atoms with Gasteiger partial charge in [0.2, 0.25) is 0 Å². The monoisotopic (exact) mass is 454 g/mol. The van der Waals surface area contributed by atoms with Gasteiger partial charge in [-0.1, -0.05) is 46.9 Å². The molecule has 0 aliphatic rings. The third kappa shape index (κ3) is 9.83. The highest BCUT2D eigenvalue weighted by atomic mass is 32.2. The maximum atomic E-state index is 11.9. The summed E-state index contributed by atoms with van der Waals surface area (Å²) in [6, 6.07) is 17.8. The highest BCUT2D eigenvalue weighted by molar-refractivity contribution is 7.94. The van der Waals surface area contributed by atoms with Crippen LogP contribution in [0.4, 0.5) is 0 Å². The molecule has 2 unspecified atom stereocenters. The van der Waals surface area contributed by atoms with Crippen LogP contribution in [0.2, 0.25) is 0 Å². The Morgan fingerprint density at radius 1 is 0.704 bits per heavy atom. The largest absolute Gasteiger partial charge is 0.370 e. The van der Waals surface area contributed by atoms with Crippen LogP contribution < -0.4 is 21.5 Å². The molecule has 0 amide bonds. The first-order chi connectivity index (χ1) is 12.9. The molecule has 0 radical (unpaired) electrons. The second-order valence-electron chi connectivity index (χ2n) is 4.55. The average molecular weight is 454 g/mol. The van der Waals surface area contributed by atoms with Crippen LogP contribution in [-0.4, -0.2) is 0 Å². The first-order valence-corrected chi connectivity index (χ1v) is 11.9. The second kappa shape index (κ2) is 11.3. The lowest BCUT2D eigenvalue weighted by atomic mass is 10.4. The fourth-order valence-electron chi connectivity index (χ4n) is 1.41. The molecular formula is C12H16N4O7P2S2. The molecule has 2 rings (SSSR count). The molecule has 27 heavy (non-hydrogen) atoms. The van der Waals surface area contributed by atoms with E-state index in [-0.39, 0.29) is 0 Å². The van der Waals surface area contributed by atoms with E-state index in [0.29, 0.717) is 9.79 Å². The summed E-state index contributed by atoms with van der Waals surface area (Å²) in [5.74, 6) is 0. The van der Waals surface area contributed by atoms with Gasteiger partial charge in [0.25, 0.3) is 0 Å². The topological polar surface area (TPSA) is 156 Å². The minimum absolute atomic E-state index is 0.708. The summed E-state index contributed by atoms with van der Waals surface area (Å²) in [6.45, 7) is 0. The smallest absolute Gasteiger partial charge is 0.253 e. The lowest BCUT2D eigenvalue weighted by molar-refractivity contribution is -0.224. The average Bonchev–Trinajstić information content (AvgIpc) is 2.63. The Hall–Kier alpha value is -0.760. The highest BCUT2D eigenvalue weighted by Gasteiger charge is 2.31. The zero-order valence-electron chi connectivity index (χ0n) is 13.5. The van der Waals surface area contributed by atoms with Gasteiger partial charge >= 0.3 is 15.3 Å². The normalized spacial score (nSPS) is 15.8. The van der Waals surface area contributed by atoms with E-state index in [1.54, 1.807) is 59.0 Å². The van der Waals surface area contributed by atoms with Crippen molar-refractivity contribution in [3.8, 4) is 0 Å². The molecular weight excluding hydrogens is 438 g/mol. The van der Waals surface area contributed by atoms with Gasteiger partial charge in [-0.05, 0) is 24.3 Å². The fourth-order valence-corrected chi connectivity index (χ4v) is 4.33. The Morgan fingerprint density at radius 2 is 1.07 bits per heavy atom. The van der Waals surface area contributed by atoms with E-state index in [1.165, 1.54) is 0 Å². The van der Waals surface area contributed by atoms with Crippen molar-refractivity contribution in [2.24, 2.45) is 11.0 Å². The van der Waals surface area contributed by atoms with Crippen LogP contribution in [0.1, 0.15) is 0 Å². The molecule has 11 nitrogen and oxygen atoms in total. The van der Waals surface area contributed by atoms with Gasteiger partial charge in [-0.15, -0.1) is 18.6 Å². The van der Waals surface area contributed by atoms with Gasteiger partial charge in [0.1, 0.15) is 0 Å². The third-order valence-corrected chi connectivity index (χ3v) is 6.19. The zero-order valence-corrected chi connectivity index (χ0v) is 16.9. The molecule has 0 bridgehead atoms. The van der Waals surface area contributed by atoms with Crippen molar-refractivity contribution >= 4 is 39.4 Å². The van der Waals surface area contributed by atoms with Crippen molar-refractivity contribution in [2.45, 2.75) is 9.79 Å². The van der Waals surface area contributed by atoms with Crippen molar-refractivity contribution in [3.63, 3.8) is 0 Å². The van der Waals surface area contributed by atoms with Gasteiger partial charge < -0.3 is 0 Å². The SMILES string of the molecule is NP(=O)(NOOSc1ccccc1)OP(N)(=O)NOOSc1ccccc1. The van der Waals surface area contributed by atoms with Crippen molar-refractivity contribution < 1.29 is 32.1 Å². The van der Waals surface area contributed by atoms with E-state index in [0.717, 1.165) is 24.1 Å². The van der Waals surface area contributed by atoms with Gasteiger partial charge in [0, 0.05) is 9.79 Å². The molecule has 148 valence electrons. The zero-order chi connectivity index (χ0) is 19.6. The summed E-state index contributed by atoms with van der Waals surface area (Å²) < 4.78 is 37.8. The van der Waals surface area contributed by atoms with E-state index in [9.17, 15) is 9.13 Å². The predicted molar refractivity (Wildman–Crippen MR) is 99.9 cm³/mol. The summed E-state index contributed by atoms with van der Waals surface area (Å²) in [5.41, 5.74) is 10.6. The summed E-state index contributed by atoms with van der Waals surface area (Å²) in [6.07, 6.45) is 0. The van der Waals surface area contributed by atoms with Crippen LogP contribution in [0.5, 0.6) is 0 Å². The molecule has 0 fully saturated rings. The first-order valence-electron chi connectivity index (χ1n) is 7.00. The number of nitrogens with one attached hydrogen (secondary N) is 2. The van der Waals surface area contributed by atoms with Crippen molar-refractivity contribution in [2.75, 3.05) is 0 Å². The van der Waals surface area contributed by atoms with Crippen LogP contribution in [0.3, 0.4) is 0 Å². The van der Waals surface area contributed by atoms with Crippen molar-refractivity contribution in [1.29, 1.82) is 0 Å². The van der Waals surface area contributed by atoms with E-state index in [1.807, 2.05) is 12.1 Å². The molecule has 0 saturated heterocycles. The number of hydrogen-bond donors (Lipinski definition) is 4. The summed E-state index contributed by atoms with van der Waals surface area (Å²) >= 11 is 1.63. The van der Waals surface area contributed by atoms with Crippen LogP contribution in [-0.2, 0) is 32.1 Å². The van der Waals surface area contributed by atoms with Crippen LogP contribution in [0, 0.1) is 0 Å². The molecule has 2 aromatic carbocycles. The lowest BCUT2D eigenvalue weighted by Gasteiger charge is -2.17. The summed E-state index contributed by atoms with van der Waals surface area (Å²) in [7, 11) is -8.49. The van der Waals surface area contributed by atoms with Gasteiger partial charge in [-0.3, -0.25) is 9.13 Å². The van der Waals surface area contributed by atoms with Gasteiger partial charge in [0.05, 0.1) is 24.1 Å². The number of rotatable bonds is 12. The van der Waals surface area contributed by atoms with Crippen LogP contribution in [0.15, 0.2) is 70.5 Å². The van der Waals surface area contributed by atoms with Crippen LogP contribution in [0.25, 0.3) is 0 Å². The Kier molecular flexibility index (Phi) is 9.42. The number of hydrogen-bond acceptors (Lipinski definition) is 9. The first kappa shape index (κ1) is 22.5. The summed E-state index contributed by atoms with van der Waals surface area (Å²) in [5, 5.41) is 3.55. The minimum Gasteiger partial charge on any atom is -0.253 e. The Morgan fingerprint density at radius 3 is 1.44 bits per heavy atom. The Labute approximate surface area is 163 Å². The number of nitrogens with two attached hydrogens (primary N) is 2. The predicted octanol–water partition coefficient (Wildman–Crippen LogP) is 3.46. The molecule has 0 saturated carbocycles. The molecule has 0 aromatic heterocycles. The summed E-state index contributed by atoms with van der Waals surface area (Å²) in [4.78, 5) is 10.3. The van der Waals surface area contributed by atoms with E-state index in [2.05, 4.69) is 23.0 Å². The molecule has 2 aromatic rings. The molecule has 0 aliphatic carbocycles. The molecule has 6 N–H and O–H groups in total. The molecule has 15 heteroatoms. The standard InChI is InChI=1S/C12H16N4O7P2S2/c13-24(17,15-19-21-26-11-7-3-1-4-8-11)23-25(14,18)16-20-22-27-12-9-5-2-6-10-12/h1-10H,(H3,13,15,17)(H3,14,16,18). The molecule has 2 atom stereocenters. The molecule has 0 spiro atoms. The maximum absolute atomic E-state index is 11.9. The number of benzene rings is 2. The second-order valence-corrected chi connectivity index (χ2v) is 9.51. The van der Waals surface area contributed by atoms with Gasteiger partial charge in [-0.25, -0.2) is 15.3 Å². The van der Waals surface area contributed by atoms with Crippen molar-refractivity contribution in [3.05, 3.63) is 60.7 Å².